The zero-order valence-electron chi connectivity index (χ0n) is 14.4. The van der Waals surface area contributed by atoms with Crippen LogP contribution in [0.4, 0.5) is 39.5 Å². The van der Waals surface area contributed by atoms with Gasteiger partial charge in [-0.15, -0.1) is 0 Å². The fourth-order valence-electron chi connectivity index (χ4n) is 3.39. The van der Waals surface area contributed by atoms with E-state index in [0.29, 0.717) is 12.1 Å². The minimum Gasteiger partial charge on any atom is -0.225 e. The molecule has 1 aromatic carbocycles. The van der Waals surface area contributed by atoms with Crippen LogP contribution >= 0.6 is 11.6 Å². The molecule has 0 bridgehead atoms. The Hall–Kier alpha value is -2.15. The minimum absolute atomic E-state index is 0.171. The number of hydrogen-bond acceptors (Lipinski definition) is 1. The maximum Gasteiger partial charge on any atom is 0.457 e. The van der Waals surface area contributed by atoms with Crippen molar-refractivity contribution in [3.8, 4) is 6.07 Å². The standard InChI is InChI=1S/C18H11ClF9N/c1-10-6-12(19)8-14(7-10,13-5-3-2-4-11(13)9-29)15(20,17(23,24)25)16(21,22)18(26,27)28/h2-5,7-8H,6H2,1H3. The summed E-state index contributed by atoms with van der Waals surface area (Å²) in [5.41, 5.74) is -11.9. The number of rotatable bonds is 3. The molecule has 0 N–H and O–H groups in total. The molecule has 0 heterocycles. The molecule has 1 nitrogen and oxygen atoms in total. The highest BCUT2D eigenvalue weighted by Gasteiger charge is 2.87. The van der Waals surface area contributed by atoms with Crippen LogP contribution in [-0.4, -0.2) is 23.9 Å². The van der Waals surface area contributed by atoms with Gasteiger partial charge in [-0.05, 0) is 18.6 Å². The van der Waals surface area contributed by atoms with Crippen molar-refractivity contribution in [2.75, 3.05) is 0 Å². The smallest absolute Gasteiger partial charge is 0.225 e. The van der Waals surface area contributed by atoms with Crippen molar-refractivity contribution >= 4 is 11.6 Å². The van der Waals surface area contributed by atoms with E-state index in [1.807, 2.05) is 0 Å². The lowest BCUT2D eigenvalue weighted by Crippen LogP contribution is -2.71. The Morgan fingerprint density at radius 3 is 1.93 bits per heavy atom. The van der Waals surface area contributed by atoms with E-state index in [2.05, 4.69) is 0 Å². The number of alkyl halides is 9. The molecule has 0 saturated carbocycles. The fourth-order valence-corrected chi connectivity index (χ4v) is 3.78. The number of halogens is 10. The van der Waals surface area contributed by atoms with Crippen LogP contribution in [-0.2, 0) is 5.41 Å². The molecular weight excluding hydrogens is 437 g/mol. The molecular formula is C18H11ClF9N. The van der Waals surface area contributed by atoms with E-state index in [1.165, 1.54) is 6.07 Å². The van der Waals surface area contributed by atoms with Gasteiger partial charge in [-0.1, -0.05) is 47.5 Å². The van der Waals surface area contributed by atoms with Crippen molar-refractivity contribution in [3.63, 3.8) is 0 Å². The number of benzene rings is 1. The normalized spacial score (nSPS) is 23.0. The van der Waals surface area contributed by atoms with Crippen molar-refractivity contribution in [3.05, 3.63) is 58.1 Å². The van der Waals surface area contributed by atoms with Crippen LogP contribution in [0.15, 0.2) is 47.0 Å². The highest BCUT2D eigenvalue weighted by molar-refractivity contribution is 6.30. The molecule has 0 aromatic heterocycles. The summed E-state index contributed by atoms with van der Waals surface area (Å²) >= 11 is 5.74. The molecule has 0 radical (unpaired) electrons. The maximum absolute atomic E-state index is 15.6. The van der Waals surface area contributed by atoms with Crippen molar-refractivity contribution in [1.82, 2.24) is 0 Å². The molecule has 0 amide bonds. The van der Waals surface area contributed by atoms with Gasteiger partial charge in [0.05, 0.1) is 17.0 Å². The predicted molar refractivity (Wildman–Crippen MR) is 86.0 cm³/mol. The first-order valence-corrected chi connectivity index (χ1v) is 8.18. The fraction of sp³-hybridized carbons (Fsp3) is 0.389. The number of allylic oxidation sites excluding steroid dienone is 4. The van der Waals surface area contributed by atoms with Crippen LogP contribution in [0, 0.1) is 11.3 Å². The Kier molecular flexibility index (Phi) is 5.56. The van der Waals surface area contributed by atoms with Gasteiger partial charge >= 0.3 is 18.3 Å². The highest BCUT2D eigenvalue weighted by atomic mass is 35.5. The van der Waals surface area contributed by atoms with Crippen LogP contribution in [0.25, 0.3) is 0 Å². The molecule has 158 valence electrons. The van der Waals surface area contributed by atoms with Gasteiger partial charge in [-0.2, -0.15) is 40.4 Å². The molecule has 2 rings (SSSR count). The number of nitriles is 1. The zero-order chi connectivity index (χ0) is 22.5. The second kappa shape index (κ2) is 6.97. The summed E-state index contributed by atoms with van der Waals surface area (Å²) in [4.78, 5) is 0. The molecule has 0 fully saturated rings. The first-order valence-electron chi connectivity index (χ1n) is 7.80. The van der Waals surface area contributed by atoms with Gasteiger partial charge in [0.25, 0.3) is 5.67 Å². The quantitative estimate of drug-likeness (QED) is 0.372. The van der Waals surface area contributed by atoms with Gasteiger partial charge in [0.1, 0.15) is 0 Å². The molecule has 2 atom stereocenters. The zero-order valence-corrected chi connectivity index (χ0v) is 15.2. The van der Waals surface area contributed by atoms with E-state index in [0.717, 1.165) is 25.1 Å². The molecule has 1 aliphatic rings. The van der Waals surface area contributed by atoms with Crippen molar-refractivity contribution in [1.29, 1.82) is 5.26 Å². The average Bonchev–Trinajstić information content (AvgIpc) is 2.57. The Morgan fingerprint density at radius 2 is 1.48 bits per heavy atom. The van der Waals surface area contributed by atoms with Gasteiger partial charge in [-0.25, -0.2) is 4.39 Å². The van der Waals surface area contributed by atoms with Gasteiger partial charge in [0.2, 0.25) is 0 Å². The van der Waals surface area contributed by atoms with Gasteiger partial charge in [0, 0.05) is 11.5 Å². The van der Waals surface area contributed by atoms with E-state index >= 15 is 4.39 Å². The second-order valence-electron chi connectivity index (χ2n) is 6.51. The monoisotopic (exact) mass is 447 g/mol. The van der Waals surface area contributed by atoms with Crippen molar-refractivity contribution in [2.45, 2.75) is 42.7 Å². The Balaban J connectivity index is 3.13. The first-order chi connectivity index (χ1) is 13.0. The van der Waals surface area contributed by atoms with Gasteiger partial charge < -0.3 is 0 Å². The van der Waals surface area contributed by atoms with Crippen LogP contribution < -0.4 is 0 Å². The molecule has 11 heteroatoms. The predicted octanol–water partition coefficient (Wildman–Crippen LogP) is 6.74. The molecule has 1 aromatic rings. The Morgan fingerprint density at radius 1 is 0.931 bits per heavy atom. The lowest BCUT2D eigenvalue weighted by atomic mass is 9.61. The number of hydrogen-bond donors (Lipinski definition) is 0. The van der Waals surface area contributed by atoms with E-state index in [1.54, 1.807) is 0 Å². The third kappa shape index (κ3) is 3.29. The molecule has 0 spiro atoms. The topological polar surface area (TPSA) is 23.8 Å². The van der Waals surface area contributed by atoms with Gasteiger partial charge in [-0.3, -0.25) is 0 Å². The number of nitrogens with zero attached hydrogens (tertiary/aromatic N) is 1. The van der Waals surface area contributed by atoms with Gasteiger partial charge in [0.15, 0.2) is 0 Å². The molecule has 2 unspecified atom stereocenters. The van der Waals surface area contributed by atoms with E-state index in [9.17, 15) is 40.4 Å². The van der Waals surface area contributed by atoms with E-state index in [4.69, 9.17) is 11.6 Å². The van der Waals surface area contributed by atoms with Crippen LogP contribution in [0.1, 0.15) is 24.5 Å². The first kappa shape index (κ1) is 23.1. The SMILES string of the molecule is CC1=CC(c2ccccc2C#N)(C(F)(C(F)(F)F)C(F)(F)C(F)(F)F)C=C(Cl)C1. The highest BCUT2D eigenvalue weighted by Crippen LogP contribution is 2.63. The van der Waals surface area contributed by atoms with E-state index < -0.39 is 45.5 Å². The largest absolute Gasteiger partial charge is 0.457 e. The molecule has 0 saturated heterocycles. The third-order valence-corrected chi connectivity index (χ3v) is 4.79. The summed E-state index contributed by atoms with van der Waals surface area (Å²) in [5.74, 6) is -6.89. The van der Waals surface area contributed by atoms with Crippen LogP contribution in [0.3, 0.4) is 0 Å². The minimum atomic E-state index is -6.90. The summed E-state index contributed by atoms with van der Waals surface area (Å²) in [7, 11) is 0. The van der Waals surface area contributed by atoms with E-state index in [-0.39, 0.29) is 18.1 Å². The third-order valence-electron chi connectivity index (χ3n) is 4.55. The summed E-state index contributed by atoms with van der Waals surface area (Å²) in [6.45, 7) is 1.10. The molecule has 0 aliphatic heterocycles. The lowest BCUT2D eigenvalue weighted by molar-refractivity contribution is -0.392. The van der Waals surface area contributed by atoms with Crippen molar-refractivity contribution in [2.24, 2.45) is 0 Å². The Labute approximate surface area is 164 Å². The van der Waals surface area contributed by atoms with Crippen LogP contribution in [0.5, 0.6) is 0 Å². The summed E-state index contributed by atoms with van der Waals surface area (Å²) in [6, 6.07) is 5.08. The molecule has 1 aliphatic carbocycles. The summed E-state index contributed by atoms with van der Waals surface area (Å²) in [6.07, 6.45) is -13.4. The maximum atomic E-state index is 15.6. The second-order valence-corrected chi connectivity index (χ2v) is 7.00. The average molecular weight is 448 g/mol. The summed E-state index contributed by atoms with van der Waals surface area (Å²) < 4.78 is 125. The Bertz CT molecular complexity index is 887. The summed E-state index contributed by atoms with van der Waals surface area (Å²) in [5, 5.41) is 8.61. The van der Waals surface area contributed by atoms with Crippen molar-refractivity contribution < 1.29 is 39.5 Å². The lowest BCUT2D eigenvalue weighted by Gasteiger charge is -2.48. The molecule has 29 heavy (non-hydrogen) atoms. The van der Waals surface area contributed by atoms with Crippen LogP contribution in [0.2, 0.25) is 0 Å².